The van der Waals surface area contributed by atoms with Crippen molar-refractivity contribution in [3.63, 3.8) is 0 Å². The van der Waals surface area contributed by atoms with E-state index in [-0.39, 0.29) is 22.9 Å². The summed E-state index contributed by atoms with van der Waals surface area (Å²) in [6.07, 6.45) is -0.474. The minimum Gasteiger partial charge on any atom is -0.452 e. The molecular formula is C20H19ClFNO3. The van der Waals surface area contributed by atoms with Crippen molar-refractivity contribution in [2.75, 3.05) is 6.54 Å². The lowest BCUT2D eigenvalue weighted by Crippen LogP contribution is -2.42. The number of benzene rings is 2. The quantitative estimate of drug-likeness (QED) is 0.768. The van der Waals surface area contributed by atoms with E-state index in [1.54, 1.807) is 4.90 Å². The number of amides is 1. The Kier molecular flexibility index (Phi) is 5.57. The maximum Gasteiger partial charge on any atom is 0.311 e. The Morgan fingerprint density at radius 1 is 1.19 bits per heavy atom. The molecule has 1 atom stereocenters. The molecule has 0 spiro atoms. The van der Waals surface area contributed by atoms with E-state index in [1.165, 1.54) is 30.7 Å². The third-order valence-electron chi connectivity index (χ3n) is 4.48. The molecule has 1 aliphatic rings. The van der Waals surface area contributed by atoms with Crippen LogP contribution in [0.3, 0.4) is 0 Å². The van der Waals surface area contributed by atoms with E-state index in [0.717, 1.165) is 12.0 Å². The summed E-state index contributed by atoms with van der Waals surface area (Å²) >= 11 is 5.92. The van der Waals surface area contributed by atoms with Gasteiger partial charge in [0.25, 0.3) is 5.91 Å². The minimum absolute atomic E-state index is 0.0747. The molecule has 0 fully saturated rings. The lowest BCUT2D eigenvalue weighted by molar-refractivity contribution is -0.159. The molecule has 0 bridgehead atoms. The van der Waals surface area contributed by atoms with Gasteiger partial charge in [-0.1, -0.05) is 41.9 Å². The zero-order valence-corrected chi connectivity index (χ0v) is 15.1. The average molecular weight is 376 g/mol. The molecule has 0 aromatic heterocycles. The number of nitrogens with zero attached hydrogens (tertiary/aromatic N) is 1. The van der Waals surface area contributed by atoms with Gasteiger partial charge in [-0.05, 0) is 36.6 Å². The van der Waals surface area contributed by atoms with Crippen molar-refractivity contribution in [2.24, 2.45) is 0 Å². The van der Waals surface area contributed by atoms with E-state index < -0.39 is 17.9 Å². The number of hydrogen-bond acceptors (Lipinski definition) is 3. The lowest BCUT2D eigenvalue weighted by Gasteiger charge is -2.30. The molecule has 26 heavy (non-hydrogen) atoms. The van der Waals surface area contributed by atoms with Crippen LogP contribution in [0.2, 0.25) is 5.02 Å². The standard InChI is InChI=1S/C20H19ClFNO3/c1-13(26-19(24)11-16-17(21)7-4-8-18(16)22)20(25)23-10-9-14-5-2-3-6-15(14)12-23/h2-8,13H,9-12H2,1H3/t13-/m0/s1. The van der Waals surface area contributed by atoms with Crippen molar-refractivity contribution in [3.05, 3.63) is 70.0 Å². The Labute approximate surface area is 156 Å². The van der Waals surface area contributed by atoms with Crippen molar-refractivity contribution in [1.82, 2.24) is 4.90 Å². The van der Waals surface area contributed by atoms with Gasteiger partial charge in [-0.3, -0.25) is 9.59 Å². The van der Waals surface area contributed by atoms with E-state index in [2.05, 4.69) is 6.07 Å². The minimum atomic E-state index is -0.932. The van der Waals surface area contributed by atoms with Gasteiger partial charge in [0, 0.05) is 23.7 Å². The van der Waals surface area contributed by atoms with Gasteiger partial charge in [0.15, 0.2) is 6.10 Å². The summed E-state index contributed by atoms with van der Waals surface area (Å²) < 4.78 is 19.0. The first-order chi connectivity index (χ1) is 12.5. The number of rotatable bonds is 4. The van der Waals surface area contributed by atoms with Crippen LogP contribution in [0.5, 0.6) is 0 Å². The normalized spacial score (nSPS) is 14.5. The highest BCUT2D eigenvalue weighted by molar-refractivity contribution is 6.31. The van der Waals surface area contributed by atoms with Gasteiger partial charge in [-0.2, -0.15) is 0 Å². The molecule has 0 saturated heterocycles. The molecule has 2 aromatic carbocycles. The van der Waals surface area contributed by atoms with E-state index >= 15 is 0 Å². The highest BCUT2D eigenvalue weighted by Crippen LogP contribution is 2.21. The van der Waals surface area contributed by atoms with Crippen molar-refractivity contribution in [2.45, 2.75) is 32.4 Å². The number of ether oxygens (including phenoxy) is 1. The smallest absolute Gasteiger partial charge is 0.311 e. The fourth-order valence-electron chi connectivity index (χ4n) is 3.08. The van der Waals surface area contributed by atoms with Crippen molar-refractivity contribution < 1.29 is 18.7 Å². The summed E-state index contributed by atoms with van der Waals surface area (Å²) in [6, 6.07) is 12.2. The zero-order chi connectivity index (χ0) is 18.7. The van der Waals surface area contributed by atoms with Crippen LogP contribution in [-0.2, 0) is 33.7 Å². The van der Waals surface area contributed by atoms with Crippen molar-refractivity contribution in [1.29, 1.82) is 0 Å². The Morgan fingerprint density at radius 2 is 1.92 bits per heavy atom. The molecule has 0 saturated carbocycles. The maximum absolute atomic E-state index is 13.8. The Hall–Kier alpha value is -2.40. The molecule has 0 N–H and O–H groups in total. The SMILES string of the molecule is C[C@H](OC(=O)Cc1c(F)cccc1Cl)C(=O)N1CCc2ccccc2C1. The average Bonchev–Trinajstić information content (AvgIpc) is 2.63. The molecule has 6 heteroatoms. The molecule has 1 heterocycles. The first-order valence-electron chi connectivity index (χ1n) is 8.43. The molecule has 1 amide bonds. The third kappa shape index (κ3) is 4.05. The van der Waals surface area contributed by atoms with Crippen LogP contribution in [0.4, 0.5) is 4.39 Å². The molecule has 4 nitrogen and oxygen atoms in total. The van der Waals surface area contributed by atoms with Crippen LogP contribution in [0, 0.1) is 5.82 Å². The van der Waals surface area contributed by atoms with Crippen LogP contribution in [0.25, 0.3) is 0 Å². The topological polar surface area (TPSA) is 46.6 Å². The second kappa shape index (κ2) is 7.87. The van der Waals surface area contributed by atoms with E-state index in [1.807, 2.05) is 18.2 Å². The molecule has 2 aromatic rings. The molecule has 0 aliphatic carbocycles. The first kappa shape index (κ1) is 18.4. The maximum atomic E-state index is 13.8. The number of fused-ring (bicyclic) bond motifs is 1. The summed E-state index contributed by atoms with van der Waals surface area (Å²) in [5.74, 6) is -1.51. The molecule has 3 rings (SSSR count). The summed E-state index contributed by atoms with van der Waals surface area (Å²) in [7, 11) is 0. The van der Waals surface area contributed by atoms with Gasteiger partial charge in [0.1, 0.15) is 5.82 Å². The van der Waals surface area contributed by atoms with E-state index in [4.69, 9.17) is 16.3 Å². The second-order valence-electron chi connectivity index (χ2n) is 6.29. The number of carbonyl (C=O) groups excluding carboxylic acids is 2. The van der Waals surface area contributed by atoms with Gasteiger partial charge in [-0.15, -0.1) is 0 Å². The molecule has 1 aliphatic heterocycles. The fraction of sp³-hybridized carbons (Fsp3) is 0.300. The summed E-state index contributed by atoms with van der Waals surface area (Å²) in [4.78, 5) is 26.3. The number of esters is 1. The van der Waals surface area contributed by atoms with Crippen molar-refractivity contribution >= 4 is 23.5 Å². The fourth-order valence-corrected chi connectivity index (χ4v) is 3.31. The number of carbonyl (C=O) groups is 2. The van der Waals surface area contributed by atoms with Crippen LogP contribution in [0.1, 0.15) is 23.6 Å². The predicted molar refractivity (Wildman–Crippen MR) is 96.2 cm³/mol. The van der Waals surface area contributed by atoms with E-state index in [0.29, 0.717) is 13.1 Å². The van der Waals surface area contributed by atoms with Crippen LogP contribution < -0.4 is 0 Å². The van der Waals surface area contributed by atoms with Gasteiger partial charge in [0.2, 0.25) is 0 Å². The molecule has 0 radical (unpaired) electrons. The van der Waals surface area contributed by atoms with Gasteiger partial charge >= 0.3 is 5.97 Å². The predicted octanol–water partition coefficient (Wildman–Crippen LogP) is 3.54. The van der Waals surface area contributed by atoms with Crippen LogP contribution in [0.15, 0.2) is 42.5 Å². The van der Waals surface area contributed by atoms with Gasteiger partial charge < -0.3 is 9.64 Å². The molecule has 0 unspecified atom stereocenters. The number of hydrogen-bond donors (Lipinski definition) is 0. The van der Waals surface area contributed by atoms with Gasteiger partial charge in [-0.25, -0.2) is 4.39 Å². The summed E-state index contributed by atoms with van der Waals surface area (Å²) in [5, 5.41) is 0.161. The number of halogens is 2. The monoisotopic (exact) mass is 375 g/mol. The van der Waals surface area contributed by atoms with Crippen LogP contribution in [-0.4, -0.2) is 29.4 Å². The van der Waals surface area contributed by atoms with Crippen molar-refractivity contribution in [3.8, 4) is 0 Å². The Bertz CT molecular complexity index is 819. The lowest BCUT2D eigenvalue weighted by atomic mass is 9.99. The summed E-state index contributed by atoms with van der Waals surface area (Å²) in [6.45, 7) is 2.61. The zero-order valence-electron chi connectivity index (χ0n) is 14.4. The van der Waals surface area contributed by atoms with Gasteiger partial charge in [0.05, 0.1) is 6.42 Å². The molecule has 136 valence electrons. The summed E-state index contributed by atoms with van der Waals surface area (Å²) in [5.41, 5.74) is 2.41. The van der Waals surface area contributed by atoms with E-state index in [9.17, 15) is 14.0 Å². The third-order valence-corrected chi connectivity index (χ3v) is 4.84. The molecular weight excluding hydrogens is 357 g/mol. The Balaban J connectivity index is 1.60. The highest BCUT2D eigenvalue weighted by atomic mass is 35.5. The largest absolute Gasteiger partial charge is 0.452 e. The van der Waals surface area contributed by atoms with Crippen LogP contribution >= 0.6 is 11.6 Å². The Morgan fingerprint density at radius 3 is 2.65 bits per heavy atom. The highest BCUT2D eigenvalue weighted by Gasteiger charge is 2.27. The first-order valence-corrected chi connectivity index (χ1v) is 8.81. The second-order valence-corrected chi connectivity index (χ2v) is 6.69.